The number of hydrogen-bond donors (Lipinski definition) is 0. The molecule has 0 aromatic carbocycles. The molecule has 0 N–H and O–H groups in total. The summed E-state index contributed by atoms with van der Waals surface area (Å²) in [5.74, 6) is 2.41. The molecule has 16 heavy (non-hydrogen) atoms. The van der Waals surface area contributed by atoms with E-state index in [1.54, 1.807) is 0 Å². The predicted molar refractivity (Wildman–Crippen MR) is 66.5 cm³/mol. The summed E-state index contributed by atoms with van der Waals surface area (Å²) in [6.07, 6.45) is 4.12. The zero-order valence-corrected chi connectivity index (χ0v) is 10.8. The van der Waals surface area contributed by atoms with Crippen LogP contribution in [0, 0.1) is 11.3 Å². The number of ether oxygens (including phenoxy) is 1. The maximum atomic E-state index is 8.61. The molecule has 2 fully saturated rings. The molecule has 2 aliphatic rings. The maximum Gasteiger partial charge on any atom is 0.0795 e. The minimum atomic E-state index is 0.161. The monoisotopic (exact) mass is 240 g/mol. The molecule has 0 aliphatic carbocycles. The van der Waals surface area contributed by atoms with Crippen molar-refractivity contribution in [3.05, 3.63) is 0 Å². The van der Waals surface area contributed by atoms with Gasteiger partial charge in [-0.1, -0.05) is 0 Å². The molecule has 2 heterocycles. The Kier molecular flexibility index (Phi) is 4.12. The zero-order valence-electron chi connectivity index (χ0n) is 9.95. The molecule has 0 amide bonds. The van der Waals surface area contributed by atoms with Crippen LogP contribution >= 0.6 is 11.8 Å². The Labute approximate surface area is 102 Å². The summed E-state index contributed by atoms with van der Waals surface area (Å²) in [6.45, 7) is 1.78. The molecule has 2 saturated heterocycles. The van der Waals surface area contributed by atoms with Gasteiger partial charge in [0.05, 0.1) is 11.7 Å². The summed E-state index contributed by atoms with van der Waals surface area (Å²) >= 11 is 2.02. The second kappa shape index (κ2) is 5.39. The van der Waals surface area contributed by atoms with Gasteiger partial charge < -0.3 is 9.64 Å². The van der Waals surface area contributed by atoms with E-state index in [9.17, 15) is 0 Å². The number of rotatable bonds is 3. The first-order valence-corrected chi connectivity index (χ1v) is 7.20. The Morgan fingerprint density at radius 2 is 2.50 bits per heavy atom. The highest BCUT2D eigenvalue weighted by Gasteiger charge is 2.41. The lowest BCUT2D eigenvalue weighted by molar-refractivity contribution is -0.0861. The minimum absolute atomic E-state index is 0.161. The SMILES string of the molecule is CN(CCC#N)C1CCOC2(CCSC2)C1. The lowest BCUT2D eigenvalue weighted by Crippen LogP contribution is -2.47. The summed E-state index contributed by atoms with van der Waals surface area (Å²) in [5.41, 5.74) is 0.161. The van der Waals surface area contributed by atoms with E-state index in [1.165, 1.54) is 12.2 Å². The Balaban J connectivity index is 1.88. The fourth-order valence-electron chi connectivity index (χ4n) is 2.65. The number of thioether (sulfide) groups is 1. The standard InChI is InChI=1S/C12H20N2OS/c1-14(6-2-5-13)11-3-7-15-12(9-11)4-8-16-10-12/h11H,2-4,6-10H2,1H3. The van der Waals surface area contributed by atoms with E-state index < -0.39 is 0 Å². The van der Waals surface area contributed by atoms with Crippen LogP contribution in [0.5, 0.6) is 0 Å². The molecule has 2 atom stereocenters. The van der Waals surface area contributed by atoms with Crippen molar-refractivity contribution >= 4 is 11.8 Å². The third kappa shape index (κ3) is 2.71. The second-order valence-corrected chi connectivity index (χ2v) is 5.97. The molecule has 0 radical (unpaired) electrons. The van der Waals surface area contributed by atoms with Crippen LogP contribution in [0.3, 0.4) is 0 Å². The van der Waals surface area contributed by atoms with Crippen LogP contribution in [0.1, 0.15) is 25.7 Å². The largest absolute Gasteiger partial charge is 0.374 e. The van der Waals surface area contributed by atoms with Gasteiger partial charge in [0.1, 0.15) is 0 Å². The van der Waals surface area contributed by atoms with Crippen molar-refractivity contribution in [2.24, 2.45) is 0 Å². The maximum absolute atomic E-state index is 8.61. The van der Waals surface area contributed by atoms with Crippen molar-refractivity contribution in [1.29, 1.82) is 5.26 Å². The summed E-state index contributed by atoms with van der Waals surface area (Å²) in [7, 11) is 2.14. The molecule has 90 valence electrons. The van der Waals surface area contributed by atoms with E-state index in [1.807, 2.05) is 11.8 Å². The van der Waals surface area contributed by atoms with Gasteiger partial charge in [0, 0.05) is 31.4 Å². The summed E-state index contributed by atoms with van der Waals surface area (Å²) < 4.78 is 6.00. The van der Waals surface area contributed by atoms with Crippen molar-refractivity contribution in [3.63, 3.8) is 0 Å². The van der Waals surface area contributed by atoms with E-state index >= 15 is 0 Å². The van der Waals surface area contributed by atoms with Gasteiger partial charge in [-0.2, -0.15) is 17.0 Å². The van der Waals surface area contributed by atoms with E-state index in [4.69, 9.17) is 10.00 Å². The first-order valence-electron chi connectivity index (χ1n) is 6.05. The highest BCUT2D eigenvalue weighted by molar-refractivity contribution is 7.99. The highest BCUT2D eigenvalue weighted by atomic mass is 32.2. The van der Waals surface area contributed by atoms with Crippen LogP contribution in [-0.2, 0) is 4.74 Å². The lowest BCUT2D eigenvalue weighted by Gasteiger charge is -2.41. The Bertz CT molecular complexity index is 271. The molecule has 0 saturated carbocycles. The van der Waals surface area contributed by atoms with Gasteiger partial charge in [-0.3, -0.25) is 0 Å². The smallest absolute Gasteiger partial charge is 0.0795 e. The molecule has 2 unspecified atom stereocenters. The van der Waals surface area contributed by atoms with Gasteiger partial charge in [-0.05, 0) is 32.1 Å². The number of nitrogens with zero attached hydrogens (tertiary/aromatic N) is 2. The first-order chi connectivity index (χ1) is 7.76. The van der Waals surface area contributed by atoms with E-state index in [-0.39, 0.29) is 5.60 Å². The van der Waals surface area contributed by atoms with Crippen LogP contribution in [0.2, 0.25) is 0 Å². The Hall–Kier alpha value is -0.240. The average Bonchev–Trinajstić information content (AvgIpc) is 2.74. The fraction of sp³-hybridized carbons (Fsp3) is 0.917. The van der Waals surface area contributed by atoms with Gasteiger partial charge in [0.2, 0.25) is 0 Å². The molecule has 4 heteroatoms. The van der Waals surface area contributed by atoms with Crippen LogP contribution in [0.4, 0.5) is 0 Å². The zero-order chi connectivity index (χ0) is 11.4. The van der Waals surface area contributed by atoms with Gasteiger partial charge >= 0.3 is 0 Å². The number of nitriles is 1. The van der Waals surface area contributed by atoms with Gasteiger partial charge in [-0.25, -0.2) is 0 Å². The second-order valence-electron chi connectivity index (χ2n) is 4.87. The molecule has 2 rings (SSSR count). The third-order valence-electron chi connectivity index (χ3n) is 3.73. The molecular formula is C12H20N2OS. The molecule has 2 aliphatic heterocycles. The molecule has 0 bridgehead atoms. The Morgan fingerprint density at radius 3 is 3.19 bits per heavy atom. The van der Waals surface area contributed by atoms with E-state index in [0.717, 1.165) is 31.7 Å². The quantitative estimate of drug-likeness (QED) is 0.755. The normalized spacial score (nSPS) is 34.4. The van der Waals surface area contributed by atoms with Crippen molar-refractivity contribution in [1.82, 2.24) is 4.90 Å². The van der Waals surface area contributed by atoms with Crippen molar-refractivity contribution in [2.75, 3.05) is 31.7 Å². The summed E-state index contributed by atoms with van der Waals surface area (Å²) in [4.78, 5) is 2.34. The van der Waals surface area contributed by atoms with Crippen molar-refractivity contribution < 1.29 is 4.74 Å². The Morgan fingerprint density at radius 1 is 1.62 bits per heavy atom. The van der Waals surface area contributed by atoms with Crippen LogP contribution in [-0.4, -0.2) is 48.2 Å². The summed E-state index contributed by atoms with van der Waals surface area (Å²) in [6, 6.07) is 2.83. The predicted octanol–water partition coefficient (Wildman–Crippen LogP) is 1.89. The van der Waals surface area contributed by atoms with Gasteiger partial charge in [0.15, 0.2) is 0 Å². The highest BCUT2D eigenvalue weighted by Crippen LogP contribution is 2.39. The molecule has 0 aromatic heterocycles. The van der Waals surface area contributed by atoms with Crippen molar-refractivity contribution in [2.45, 2.75) is 37.3 Å². The van der Waals surface area contributed by atoms with Crippen LogP contribution in [0.25, 0.3) is 0 Å². The van der Waals surface area contributed by atoms with Crippen molar-refractivity contribution in [3.8, 4) is 6.07 Å². The summed E-state index contributed by atoms with van der Waals surface area (Å²) in [5, 5.41) is 8.61. The van der Waals surface area contributed by atoms with Gasteiger partial charge in [-0.15, -0.1) is 0 Å². The minimum Gasteiger partial charge on any atom is -0.374 e. The van der Waals surface area contributed by atoms with Crippen LogP contribution < -0.4 is 0 Å². The molecular weight excluding hydrogens is 220 g/mol. The van der Waals surface area contributed by atoms with E-state index in [0.29, 0.717) is 12.5 Å². The molecule has 3 nitrogen and oxygen atoms in total. The van der Waals surface area contributed by atoms with Gasteiger partial charge in [0.25, 0.3) is 0 Å². The average molecular weight is 240 g/mol. The third-order valence-corrected chi connectivity index (χ3v) is 4.96. The topological polar surface area (TPSA) is 36.3 Å². The fourth-order valence-corrected chi connectivity index (χ4v) is 4.03. The lowest BCUT2D eigenvalue weighted by atomic mass is 9.89. The molecule has 0 aromatic rings. The van der Waals surface area contributed by atoms with Crippen LogP contribution in [0.15, 0.2) is 0 Å². The first kappa shape index (κ1) is 12.2. The van der Waals surface area contributed by atoms with E-state index in [2.05, 4.69) is 18.0 Å². The number of hydrogen-bond acceptors (Lipinski definition) is 4. The molecule has 1 spiro atoms.